The van der Waals surface area contributed by atoms with E-state index in [1.54, 1.807) is 0 Å². The third kappa shape index (κ3) is 2.27. The topological polar surface area (TPSA) is 49.8 Å². The summed E-state index contributed by atoms with van der Waals surface area (Å²) in [6.45, 7) is 1.58. The number of likely N-dealkylation sites (N-methyl/N-ethyl adjacent to an activating group) is 1. The summed E-state index contributed by atoms with van der Waals surface area (Å²) in [5.41, 5.74) is 2.08. The number of anilines is 1. The summed E-state index contributed by atoms with van der Waals surface area (Å²) in [7, 11) is 2.03. The summed E-state index contributed by atoms with van der Waals surface area (Å²) in [4.78, 5) is 12.6. The molecule has 0 atom stereocenters. The van der Waals surface area contributed by atoms with Gasteiger partial charge in [0.05, 0.1) is 12.2 Å². The van der Waals surface area contributed by atoms with Crippen LogP contribution in [-0.2, 0) is 11.2 Å². The van der Waals surface area contributed by atoms with Gasteiger partial charge in [-0.15, -0.1) is 0 Å². The molecule has 0 unspecified atom stereocenters. The van der Waals surface area contributed by atoms with Crippen molar-refractivity contribution in [1.29, 1.82) is 0 Å². The first kappa shape index (κ1) is 10.8. The monoisotopic (exact) mass is 221 g/mol. The van der Waals surface area contributed by atoms with E-state index in [-0.39, 0.29) is 6.42 Å². The van der Waals surface area contributed by atoms with Crippen LogP contribution in [0, 0.1) is 0 Å². The number of rotatable bonds is 3. The molecule has 0 saturated carbocycles. The number of hydrogen-bond acceptors (Lipinski definition) is 3. The van der Waals surface area contributed by atoms with Gasteiger partial charge in [0.15, 0.2) is 0 Å². The highest BCUT2D eigenvalue weighted by molar-refractivity contribution is 5.67. The van der Waals surface area contributed by atoms with Crippen molar-refractivity contribution in [3.05, 3.63) is 23.8 Å². The molecule has 0 aromatic heterocycles. The lowest BCUT2D eigenvalue weighted by Gasteiger charge is -2.27. The summed E-state index contributed by atoms with van der Waals surface area (Å²) >= 11 is 0. The number of ether oxygens (including phenoxy) is 1. The van der Waals surface area contributed by atoms with E-state index >= 15 is 0 Å². The van der Waals surface area contributed by atoms with Gasteiger partial charge >= 0.3 is 5.97 Å². The maximum atomic E-state index is 10.5. The van der Waals surface area contributed by atoms with E-state index in [0.717, 1.165) is 23.5 Å². The van der Waals surface area contributed by atoms with E-state index in [9.17, 15) is 4.79 Å². The van der Waals surface area contributed by atoms with Gasteiger partial charge in [-0.05, 0) is 24.1 Å². The average molecular weight is 221 g/mol. The van der Waals surface area contributed by atoms with Crippen LogP contribution in [0.25, 0.3) is 0 Å². The summed E-state index contributed by atoms with van der Waals surface area (Å²) in [5, 5.41) is 8.62. The summed E-state index contributed by atoms with van der Waals surface area (Å²) in [5.74, 6) is 0.0902. The highest BCUT2D eigenvalue weighted by atomic mass is 16.5. The Labute approximate surface area is 94.4 Å². The first-order chi connectivity index (χ1) is 7.66. The molecule has 1 heterocycles. The zero-order valence-corrected chi connectivity index (χ0v) is 9.27. The van der Waals surface area contributed by atoms with Crippen LogP contribution in [0.2, 0.25) is 0 Å². The quantitative estimate of drug-likeness (QED) is 0.841. The molecule has 1 aliphatic heterocycles. The number of nitrogens with zero attached hydrogens (tertiary/aromatic N) is 1. The first-order valence-corrected chi connectivity index (χ1v) is 5.35. The van der Waals surface area contributed by atoms with E-state index in [1.165, 1.54) is 0 Å². The third-order valence-electron chi connectivity index (χ3n) is 2.75. The summed E-state index contributed by atoms with van der Waals surface area (Å²) in [6, 6.07) is 5.90. The van der Waals surface area contributed by atoms with Crippen molar-refractivity contribution in [2.75, 3.05) is 25.1 Å². The van der Waals surface area contributed by atoms with Gasteiger partial charge in [0, 0.05) is 13.5 Å². The van der Waals surface area contributed by atoms with Crippen LogP contribution in [0.15, 0.2) is 18.2 Å². The number of fused-ring (bicyclic) bond motifs is 1. The van der Waals surface area contributed by atoms with Crippen molar-refractivity contribution in [2.45, 2.75) is 12.8 Å². The molecule has 1 aromatic rings. The van der Waals surface area contributed by atoms with Crippen LogP contribution in [0.5, 0.6) is 5.75 Å². The molecular weight excluding hydrogens is 206 g/mol. The highest BCUT2D eigenvalue weighted by Crippen LogP contribution is 2.31. The van der Waals surface area contributed by atoms with Gasteiger partial charge in [0.2, 0.25) is 0 Å². The Kier molecular flexibility index (Phi) is 2.99. The number of aliphatic carboxylic acids is 1. The lowest BCUT2D eigenvalue weighted by Crippen LogP contribution is -2.28. The zero-order valence-electron chi connectivity index (χ0n) is 9.27. The molecule has 0 amide bonds. The minimum absolute atomic E-state index is 0.161. The molecule has 4 heteroatoms. The van der Waals surface area contributed by atoms with Crippen LogP contribution in [0.1, 0.15) is 12.0 Å². The number of hydrogen-bond donors (Lipinski definition) is 1. The molecule has 16 heavy (non-hydrogen) atoms. The second kappa shape index (κ2) is 4.43. The predicted molar refractivity (Wildman–Crippen MR) is 61.2 cm³/mol. The zero-order chi connectivity index (χ0) is 11.5. The van der Waals surface area contributed by atoms with Crippen molar-refractivity contribution in [3.8, 4) is 5.75 Å². The standard InChI is InChI=1S/C12H15NO3/c1-13-6-7-16-11-8-9(2-4-10(11)13)3-5-12(14)15/h2,4,8H,3,5-7H2,1H3,(H,14,15). The fraction of sp³-hybridized carbons (Fsp3) is 0.417. The molecule has 1 N–H and O–H groups in total. The molecular formula is C12H15NO3. The Morgan fingerprint density at radius 2 is 2.38 bits per heavy atom. The van der Waals surface area contributed by atoms with E-state index in [1.807, 2.05) is 25.2 Å². The Bertz CT molecular complexity index is 403. The van der Waals surface area contributed by atoms with Crippen molar-refractivity contribution in [2.24, 2.45) is 0 Å². The minimum atomic E-state index is -0.768. The Morgan fingerprint density at radius 1 is 1.56 bits per heavy atom. The van der Waals surface area contributed by atoms with E-state index in [0.29, 0.717) is 13.0 Å². The molecule has 1 aliphatic rings. The molecule has 86 valence electrons. The van der Waals surface area contributed by atoms with Crippen LogP contribution in [-0.4, -0.2) is 31.3 Å². The largest absolute Gasteiger partial charge is 0.490 e. The second-order valence-electron chi connectivity index (χ2n) is 3.97. The van der Waals surface area contributed by atoms with Crippen molar-refractivity contribution in [1.82, 2.24) is 0 Å². The minimum Gasteiger partial charge on any atom is -0.490 e. The molecule has 0 spiro atoms. The van der Waals surface area contributed by atoms with Crippen LogP contribution in [0.3, 0.4) is 0 Å². The third-order valence-corrected chi connectivity index (χ3v) is 2.75. The van der Waals surface area contributed by atoms with Gasteiger partial charge in [-0.1, -0.05) is 6.07 Å². The maximum absolute atomic E-state index is 10.5. The fourth-order valence-electron chi connectivity index (χ4n) is 1.81. The molecule has 0 fully saturated rings. The van der Waals surface area contributed by atoms with Gasteiger partial charge in [-0.2, -0.15) is 0 Å². The van der Waals surface area contributed by atoms with Crippen molar-refractivity contribution in [3.63, 3.8) is 0 Å². The lowest BCUT2D eigenvalue weighted by atomic mass is 10.1. The van der Waals surface area contributed by atoms with Gasteiger partial charge in [-0.3, -0.25) is 4.79 Å². The normalized spacial score (nSPS) is 14.2. The SMILES string of the molecule is CN1CCOc2cc(CCC(=O)O)ccc21. The van der Waals surface area contributed by atoms with E-state index < -0.39 is 5.97 Å². The fourth-order valence-corrected chi connectivity index (χ4v) is 1.81. The molecule has 4 nitrogen and oxygen atoms in total. The number of aryl methyl sites for hydroxylation is 1. The second-order valence-corrected chi connectivity index (χ2v) is 3.97. The molecule has 1 aromatic carbocycles. The Morgan fingerprint density at radius 3 is 3.12 bits per heavy atom. The van der Waals surface area contributed by atoms with Crippen LogP contribution < -0.4 is 9.64 Å². The van der Waals surface area contributed by atoms with Crippen molar-refractivity contribution < 1.29 is 14.6 Å². The van der Waals surface area contributed by atoms with E-state index in [4.69, 9.17) is 9.84 Å². The van der Waals surface area contributed by atoms with Crippen molar-refractivity contribution >= 4 is 11.7 Å². The Balaban J connectivity index is 2.15. The molecule has 0 saturated heterocycles. The maximum Gasteiger partial charge on any atom is 0.303 e. The summed E-state index contributed by atoms with van der Waals surface area (Å²) in [6.07, 6.45) is 0.713. The van der Waals surface area contributed by atoms with Crippen LogP contribution in [0.4, 0.5) is 5.69 Å². The molecule has 0 aliphatic carbocycles. The molecule has 2 rings (SSSR count). The summed E-state index contributed by atoms with van der Waals surface area (Å²) < 4.78 is 5.55. The van der Waals surface area contributed by atoms with E-state index in [2.05, 4.69) is 4.90 Å². The average Bonchev–Trinajstić information content (AvgIpc) is 2.26. The Hall–Kier alpha value is -1.71. The highest BCUT2D eigenvalue weighted by Gasteiger charge is 2.14. The number of carboxylic acids is 1. The lowest BCUT2D eigenvalue weighted by molar-refractivity contribution is -0.136. The van der Waals surface area contributed by atoms with Gasteiger partial charge in [0.25, 0.3) is 0 Å². The van der Waals surface area contributed by atoms with Crippen LogP contribution >= 0.6 is 0 Å². The molecule has 0 bridgehead atoms. The van der Waals surface area contributed by atoms with Gasteiger partial charge in [0.1, 0.15) is 12.4 Å². The van der Waals surface area contributed by atoms with Gasteiger partial charge in [-0.25, -0.2) is 0 Å². The number of carboxylic acid groups (broad SMARTS) is 1. The first-order valence-electron chi connectivity index (χ1n) is 5.35. The van der Waals surface area contributed by atoms with Gasteiger partial charge < -0.3 is 14.7 Å². The number of benzene rings is 1. The number of carbonyl (C=O) groups is 1. The predicted octanol–water partition coefficient (Wildman–Crippen LogP) is 1.53. The smallest absolute Gasteiger partial charge is 0.303 e. The molecule has 0 radical (unpaired) electrons.